The third-order valence-corrected chi connectivity index (χ3v) is 4.03. The number of benzene rings is 1. The third-order valence-electron chi connectivity index (χ3n) is 2.51. The number of H-pyrrole nitrogens is 1. The van der Waals surface area contributed by atoms with E-state index in [0.29, 0.717) is 6.61 Å². The highest BCUT2D eigenvalue weighted by Gasteiger charge is 2.04. The fraction of sp³-hybridized carbons (Fsp3) is 0.462. The number of nitrogens with one attached hydrogen (secondary N) is 1. The van der Waals surface area contributed by atoms with Gasteiger partial charge in [-0.05, 0) is 31.9 Å². The van der Waals surface area contributed by atoms with Crippen LogP contribution < -0.4 is 4.74 Å². The Morgan fingerprint density at radius 3 is 3.06 bits per heavy atom. The molecule has 0 saturated carbocycles. The van der Waals surface area contributed by atoms with Gasteiger partial charge in [-0.3, -0.25) is 0 Å². The Kier molecular flexibility index (Phi) is 5.38. The minimum absolute atomic E-state index is 0.688. The lowest BCUT2D eigenvalue weighted by molar-refractivity contribution is 0.340. The fourth-order valence-corrected chi connectivity index (χ4v) is 2.94. The molecule has 1 aromatic carbocycles. The summed E-state index contributed by atoms with van der Waals surface area (Å²) in [6, 6.07) is 5.97. The lowest BCUT2D eigenvalue weighted by Gasteiger charge is -2.00. The molecule has 0 aliphatic heterocycles. The van der Waals surface area contributed by atoms with Crippen LogP contribution in [-0.4, -0.2) is 27.7 Å². The molecular formula is C13H17BrN2OS. The van der Waals surface area contributed by atoms with Crippen molar-refractivity contribution in [2.24, 2.45) is 0 Å². The van der Waals surface area contributed by atoms with Gasteiger partial charge in [0.25, 0.3) is 0 Å². The van der Waals surface area contributed by atoms with Gasteiger partial charge in [0.1, 0.15) is 5.75 Å². The van der Waals surface area contributed by atoms with Crippen molar-refractivity contribution in [1.82, 2.24) is 9.97 Å². The van der Waals surface area contributed by atoms with Crippen LogP contribution in [0.5, 0.6) is 5.75 Å². The van der Waals surface area contributed by atoms with Crippen molar-refractivity contribution in [3.8, 4) is 5.75 Å². The molecule has 0 atom stereocenters. The maximum atomic E-state index is 5.48. The molecular weight excluding hydrogens is 312 g/mol. The van der Waals surface area contributed by atoms with E-state index in [0.717, 1.165) is 33.0 Å². The van der Waals surface area contributed by atoms with E-state index in [1.165, 1.54) is 12.8 Å². The maximum Gasteiger partial charge on any atom is 0.166 e. The van der Waals surface area contributed by atoms with E-state index in [-0.39, 0.29) is 0 Å². The Bertz CT molecular complexity index is 501. The Morgan fingerprint density at radius 2 is 2.28 bits per heavy atom. The second kappa shape index (κ2) is 7.04. The molecule has 98 valence electrons. The van der Waals surface area contributed by atoms with Crippen molar-refractivity contribution in [3.05, 3.63) is 18.2 Å². The first-order valence-corrected chi connectivity index (χ1v) is 8.25. The number of thioether (sulfide) groups is 1. The molecule has 0 spiro atoms. The summed E-state index contributed by atoms with van der Waals surface area (Å²) in [7, 11) is 0. The predicted molar refractivity (Wildman–Crippen MR) is 81.0 cm³/mol. The molecule has 1 aromatic heterocycles. The molecule has 5 heteroatoms. The van der Waals surface area contributed by atoms with Gasteiger partial charge < -0.3 is 9.72 Å². The molecule has 0 aliphatic rings. The predicted octanol–water partition coefficient (Wildman–Crippen LogP) is 4.23. The minimum atomic E-state index is 0.688. The number of rotatable bonds is 7. The number of imidazole rings is 1. The molecule has 2 aromatic rings. The first-order chi connectivity index (χ1) is 8.83. The van der Waals surface area contributed by atoms with Crippen LogP contribution in [0, 0.1) is 0 Å². The summed E-state index contributed by atoms with van der Waals surface area (Å²) in [6.07, 6.45) is 2.42. The Hall–Kier alpha value is -0.680. The van der Waals surface area contributed by atoms with Crippen LogP contribution in [0.2, 0.25) is 0 Å². The molecule has 0 bridgehead atoms. The van der Waals surface area contributed by atoms with Crippen LogP contribution in [0.25, 0.3) is 11.0 Å². The number of aromatic amines is 1. The molecule has 0 fully saturated rings. The summed E-state index contributed by atoms with van der Waals surface area (Å²) >= 11 is 5.22. The monoisotopic (exact) mass is 328 g/mol. The minimum Gasteiger partial charge on any atom is -0.494 e. The quantitative estimate of drug-likeness (QED) is 0.469. The Labute approximate surface area is 120 Å². The van der Waals surface area contributed by atoms with E-state index in [9.17, 15) is 0 Å². The van der Waals surface area contributed by atoms with Gasteiger partial charge in [-0.15, -0.1) is 0 Å². The number of aromatic nitrogens is 2. The summed E-state index contributed by atoms with van der Waals surface area (Å²) in [5.74, 6) is 1.99. The molecule has 1 heterocycles. The van der Waals surface area contributed by atoms with Crippen molar-refractivity contribution in [2.45, 2.75) is 24.9 Å². The highest BCUT2D eigenvalue weighted by Crippen LogP contribution is 2.23. The largest absolute Gasteiger partial charge is 0.494 e. The van der Waals surface area contributed by atoms with Crippen LogP contribution in [-0.2, 0) is 0 Å². The second-order valence-electron chi connectivity index (χ2n) is 3.90. The number of ether oxygens (including phenoxy) is 1. The van der Waals surface area contributed by atoms with E-state index in [1.54, 1.807) is 11.8 Å². The van der Waals surface area contributed by atoms with Gasteiger partial charge in [-0.1, -0.05) is 27.7 Å². The average Bonchev–Trinajstić information content (AvgIpc) is 2.77. The van der Waals surface area contributed by atoms with E-state index in [1.807, 2.05) is 25.1 Å². The molecule has 0 unspecified atom stereocenters. The first kappa shape index (κ1) is 13.7. The third kappa shape index (κ3) is 3.65. The number of hydrogen-bond donors (Lipinski definition) is 1. The summed E-state index contributed by atoms with van der Waals surface area (Å²) < 4.78 is 5.48. The van der Waals surface area contributed by atoms with Crippen molar-refractivity contribution in [2.75, 3.05) is 17.7 Å². The molecule has 0 saturated heterocycles. The number of hydrogen-bond acceptors (Lipinski definition) is 3. The van der Waals surface area contributed by atoms with Crippen molar-refractivity contribution in [3.63, 3.8) is 0 Å². The molecule has 0 aliphatic carbocycles. The Morgan fingerprint density at radius 1 is 1.39 bits per heavy atom. The average molecular weight is 329 g/mol. The lowest BCUT2D eigenvalue weighted by atomic mass is 10.3. The topological polar surface area (TPSA) is 37.9 Å². The summed E-state index contributed by atoms with van der Waals surface area (Å²) in [6.45, 7) is 2.68. The standard InChI is InChI=1S/C13H17BrN2OS/c1-2-17-10-5-6-11-12(9-10)16-13(15-11)18-8-4-3-7-14/h5-6,9H,2-4,7-8H2,1H3,(H,15,16). The van der Waals surface area contributed by atoms with Crippen LogP contribution in [0.3, 0.4) is 0 Å². The van der Waals surface area contributed by atoms with E-state index in [4.69, 9.17) is 4.74 Å². The number of halogens is 1. The van der Waals surface area contributed by atoms with Crippen LogP contribution in [0.15, 0.2) is 23.4 Å². The number of unbranched alkanes of at least 4 members (excludes halogenated alkanes) is 1. The second-order valence-corrected chi connectivity index (χ2v) is 5.78. The van der Waals surface area contributed by atoms with Crippen LogP contribution >= 0.6 is 27.7 Å². The van der Waals surface area contributed by atoms with E-state index in [2.05, 4.69) is 25.9 Å². The maximum absolute atomic E-state index is 5.48. The summed E-state index contributed by atoms with van der Waals surface area (Å²) in [5.41, 5.74) is 2.05. The van der Waals surface area contributed by atoms with Gasteiger partial charge in [0, 0.05) is 17.1 Å². The molecule has 1 N–H and O–H groups in total. The molecule has 3 nitrogen and oxygen atoms in total. The SMILES string of the molecule is CCOc1ccc2nc(SCCCCBr)[nH]c2c1. The van der Waals surface area contributed by atoms with Gasteiger partial charge in [0.2, 0.25) is 0 Å². The molecule has 2 rings (SSSR count). The first-order valence-electron chi connectivity index (χ1n) is 6.15. The normalized spacial score (nSPS) is 11.0. The molecule has 0 radical (unpaired) electrons. The Balaban J connectivity index is 2.02. The number of alkyl halides is 1. The van der Waals surface area contributed by atoms with Gasteiger partial charge in [-0.25, -0.2) is 4.98 Å². The summed E-state index contributed by atoms with van der Waals surface area (Å²) in [4.78, 5) is 7.88. The van der Waals surface area contributed by atoms with Crippen molar-refractivity contribution in [1.29, 1.82) is 0 Å². The zero-order chi connectivity index (χ0) is 12.8. The van der Waals surface area contributed by atoms with Gasteiger partial charge in [0.15, 0.2) is 5.16 Å². The van der Waals surface area contributed by atoms with E-state index >= 15 is 0 Å². The van der Waals surface area contributed by atoms with Crippen LogP contribution in [0.1, 0.15) is 19.8 Å². The fourth-order valence-electron chi connectivity index (χ4n) is 1.66. The van der Waals surface area contributed by atoms with Crippen molar-refractivity contribution < 1.29 is 4.74 Å². The van der Waals surface area contributed by atoms with Crippen LogP contribution in [0.4, 0.5) is 0 Å². The molecule has 18 heavy (non-hydrogen) atoms. The van der Waals surface area contributed by atoms with Crippen molar-refractivity contribution >= 4 is 38.7 Å². The molecule has 0 amide bonds. The smallest absolute Gasteiger partial charge is 0.166 e. The zero-order valence-electron chi connectivity index (χ0n) is 10.4. The highest BCUT2D eigenvalue weighted by molar-refractivity contribution is 9.09. The van der Waals surface area contributed by atoms with Gasteiger partial charge in [-0.2, -0.15) is 0 Å². The van der Waals surface area contributed by atoms with E-state index < -0.39 is 0 Å². The zero-order valence-corrected chi connectivity index (χ0v) is 12.8. The number of nitrogens with zero attached hydrogens (tertiary/aromatic N) is 1. The van der Waals surface area contributed by atoms with Gasteiger partial charge >= 0.3 is 0 Å². The number of fused-ring (bicyclic) bond motifs is 1. The summed E-state index contributed by atoms with van der Waals surface area (Å²) in [5, 5.41) is 2.07. The van der Waals surface area contributed by atoms with Gasteiger partial charge in [0.05, 0.1) is 17.6 Å². The lowest BCUT2D eigenvalue weighted by Crippen LogP contribution is -1.90. The highest BCUT2D eigenvalue weighted by atomic mass is 79.9.